The van der Waals surface area contributed by atoms with Gasteiger partial charge in [-0.3, -0.25) is 10.1 Å². The Bertz CT molecular complexity index is 715. The van der Waals surface area contributed by atoms with E-state index in [-0.39, 0.29) is 5.91 Å². The van der Waals surface area contributed by atoms with Crippen LogP contribution >= 0.6 is 11.3 Å². The molecule has 0 saturated heterocycles. The molecule has 0 unspecified atom stereocenters. The number of anilines is 1. The van der Waals surface area contributed by atoms with Crippen molar-refractivity contribution in [1.82, 2.24) is 9.88 Å². The first-order valence-corrected chi connectivity index (χ1v) is 8.25. The van der Waals surface area contributed by atoms with Crippen molar-refractivity contribution in [1.29, 1.82) is 0 Å². The molecule has 3 rings (SSSR count). The van der Waals surface area contributed by atoms with E-state index in [1.54, 1.807) is 6.92 Å². The summed E-state index contributed by atoms with van der Waals surface area (Å²) in [7, 11) is 0. The largest absolute Gasteiger partial charge is 0.450 e. The van der Waals surface area contributed by atoms with Crippen LogP contribution in [0.2, 0.25) is 0 Å². The van der Waals surface area contributed by atoms with Crippen molar-refractivity contribution in [2.24, 2.45) is 0 Å². The van der Waals surface area contributed by atoms with Gasteiger partial charge in [0.05, 0.1) is 18.8 Å². The number of thiazole rings is 1. The Hall–Kier alpha value is -2.41. The van der Waals surface area contributed by atoms with Gasteiger partial charge in [0.25, 0.3) is 5.91 Å². The Morgan fingerprint density at radius 2 is 2.13 bits per heavy atom. The number of ether oxygens (including phenoxy) is 1. The second kappa shape index (κ2) is 6.78. The van der Waals surface area contributed by atoms with E-state index in [1.807, 2.05) is 35.2 Å². The first-order chi connectivity index (χ1) is 11.2. The van der Waals surface area contributed by atoms with Gasteiger partial charge in [-0.25, -0.2) is 9.78 Å². The third-order valence-electron chi connectivity index (χ3n) is 3.52. The molecule has 0 spiro atoms. The summed E-state index contributed by atoms with van der Waals surface area (Å²) in [5, 5.41) is 3.13. The van der Waals surface area contributed by atoms with Crippen molar-refractivity contribution >= 4 is 28.5 Å². The number of carbonyl (C=O) groups excluding carboxylic acids is 2. The zero-order valence-corrected chi connectivity index (χ0v) is 13.6. The molecule has 0 bridgehead atoms. The van der Waals surface area contributed by atoms with Gasteiger partial charge in [0.15, 0.2) is 5.13 Å². The maximum absolute atomic E-state index is 12.5. The Balaban J connectivity index is 1.70. The van der Waals surface area contributed by atoms with Crippen molar-refractivity contribution in [3.63, 3.8) is 0 Å². The van der Waals surface area contributed by atoms with Gasteiger partial charge in [0, 0.05) is 23.4 Å². The molecule has 2 aromatic rings. The quantitative estimate of drug-likeness (QED) is 0.939. The monoisotopic (exact) mass is 331 g/mol. The number of carbonyl (C=O) groups is 2. The highest BCUT2D eigenvalue weighted by molar-refractivity contribution is 7.15. The van der Waals surface area contributed by atoms with E-state index in [4.69, 9.17) is 4.74 Å². The summed E-state index contributed by atoms with van der Waals surface area (Å²) in [4.78, 5) is 31.2. The van der Waals surface area contributed by atoms with E-state index >= 15 is 0 Å². The van der Waals surface area contributed by atoms with Crippen LogP contribution in [0.5, 0.6) is 0 Å². The molecule has 1 N–H and O–H groups in total. The van der Waals surface area contributed by atoms with Crippen LogP contribution in [-0.4, -0.2) is 35.0 Å². The molecule has 0 radical (unpaired) electrons. The molecule has 1 aromatic heterocycles. The van der Waals surface area contributed by atoms with Crippen LogP contribution in [0.4, 0.5) is 9.93 Å². The van der Waals surface area contributed by atoms with Crippen LogP contribution < -0.4 is 5.32 Å². The molecule has 1 aromatic carbocycles. The van der Waals surface area contributed by atoms with Gasteiger partial charge in [-0.2, -0.15) is 0 Å². The molecule has 120 valence electrons. The Labute approximate surface area is 138 Å². The number of hydrogen-bond donors (Lipinski definition) is 1. The molecule has 6 nitrogen and oxygen atoms in total. The highest BCUT2D eigenvalue weighted by Gasteiger charge is 2.25. The molecular formula is C16H17N3O3S. The molecule has 1 aliphatic heterocycles. The maximum Gasteiger partial charge on any atom is 0.413 e. The number of nitrogens with one attached hydrogen (secondary N) is 1. The zero-order valence-electron chi connectivity index (χ0n) is 12.7. The van der Waals surface area contributed by atoms with Crippen LogP contribution in [0.25, 0.3) is 0 Å². The van der Waals surface area contributed by atoms with Crippen molar-refractivity contribution in [3.8, 4) is 0 Å². The van der Waals surface area contributed by atoms with Gasteiger partial charge < -0.3 is 9.64 Å². The fraction of sp³-hybridized carbons (Fsp3) is 0.312. The number of aromatic nitrogens is 1. The summed E-state index contributed by atoms with van der Waals surface area (Å²) < 4.78 is 4.85. The molecular weight excluding hydrogens is 314 g/mol. The average Bonchev–Trinajstić information content (AvgIpc) is 2.96. The summed E-state index contributed by atoms with van der Waals surface area (Å²) in [6.45, 7) is 3.21. The van der Waals surface area contributed by atoms with E-state index < -0.39 is 6.09 Å². The lowest BCUT2D eigenvalue weighted by Gasteiger charge is -2.26. The number of rotatable bonds is 3. The Kier molecular flexibility index (Phi) is 4.57. The second-order valence-electron chi connectivity index (χ2n) is 5.08. The van der Waals surface area contributed by atoms with Gasteiger partial charge in [-0.1, -0.05) is 29.5 Å². The first-order valence-electron chi connectivity index (χ1n) is 7.44. The fourth-order valence-electron chi connectivity index (χ4n) is 2.44. The van der Waals surface area contributed by atoms with Crippen LogP contribution in [0.1, 0.15) is 27.9 Å². The second-order valence-corrected chi connectivity index (χ2v) is 6.16. The van der Waals surface area contributed by atoms with E-state index in [0.717, 1.165) is 10.6 Å². The lowest BCUT2D eigenvalue weighted by Crippen LogP contribution is -2.35. The number of fused-ring (bicyclic) bond motifs is 1. The first kappa shape index (κ1) is 15.5. The molecule has 0 aliphatic carbocycles. The molecule has 7 heteroatoms. The van der Waals surface area contributed by atoms with Crippen molar-refractivity contribution in [2.75, 3.05) is 18.5 Å². The Morgan fingerprint density at radius 3 is 2.87 bits per heavy atom. The molecule has 0 saturated carbocycles. The van der Waals surface area contributed by atoms with Crippen molar-refractivity contribution in [3.05, 3.63) is 46.5 Å². The van der Waals surface area contributed by atoms with Gasteiger partial charge in [-0.05, 0) is 19.1 Å². The third-order valence-corrected chi connectivity index (χ3v) is 4.52. The zero-order chi connectivity index (χ0) is 16.2. The maximum atomic E-state index is 12.5. The van der Waals surface area contributed by atoms with Crippen LogP contribution in [-0.2, 0) is 17.7 Å². The third kappa shape index (κ3) is 3.50. The fourth-order valence-corrected chi connectivity index (χ4v) is 3.45. The van der Waals surface area contributed by atoms with E-state index in [1.165, 1.54) is 11.3 Å². The van der Waals surface area contributed by atoms with Gasteiger partial charge in [-0.15, -0.1) is 0 Å². The van der Waals surface area contributed by atoms with E-state index in [2.05, 4.69) is 10.3 Å². The van der Waals surface area contributed by atoms with Crippen LogP contribution in [0.15, 0.2) is 30.3 Å². The van der Waals surface area contributed by atoms with Gasteiger partial charge in [0.2, 0.25) is 0 Å². The summed E-state index contributed by atoms with van der Waals surface area (Å²) in [5.74, 6) is 0.0181. The van der Waals surface area contributed by atoms with Gasteiger partial charge >= 0.3 is 6.09 Å². The normalized spacial score (nSPS) is 13.3. The molecule has 0 fully saturated rings. The summed E-state index contributed by atoms with van der Waals surface area (Å²) in [6, 6.07) is 9.24. The van der Waals surface area contributed by atoms with Gasteiger partial charge in [0.1, 0.15) is 0 Å². The smallest absolute Gasteiger partial charge is 0.413 e. The Morgan fingerprint density at radius 1 is 1.35 bits per heavy atom. The highest BCUT2D eigenvalue weighted by Crippen LogP contribution is 2.29. The molecule has 0 atom stereocenters. The summed E-state index contributed by atoms with van der Waals surface area (Å²) in [5.41, 5.74) is 1.63. The molecule has 2 heterocycles. The highest BCUT2D eigenvalue weighted by atomic mass is 32.1. The number of amides is 2. The number of nitrogens with zero attached hydrogens (tertiary/aromatic N) is 2. The number of benzene rings is 1. The standard InChI is InChI=1S/C16H17N3O3S/c1-2-22-16(21)18-15-17-12-8-9-19(10-13(12)23-15)14(20)11-6-4-3-5-7-11/h3-7H,2,8-10H2,1H3,(H,17,18,21). The van der Waals surface area contributed by atoms with E-state index in [9.17, 15) is 9.59 Å². The van der Waals surface area contributed by atoms with Crippen LogP contribution in [0, 0.1) is 0 Å². The van der Waals surface area contributed by atoms with E-state index in [0.29, 0.717) is 36.8 Å². The molecule has 2 amide bonds. The molecule has 23 heavy (non-hydrogen) atoms. The summed E-state index contributed by atoms with van der Waals surface area (Å²) >= 11 is 1.39. The lowest BCUT2D eigenvalue weighted by molar-refractivity contribution is 0.0736. The van der Waals surface area contributed by atoms with Crippen molar-refractivity contribution in [2.45, 2.75) is 19.9 Å². The summed E-state index contributed by atoms with van der Waals surface area (Å²) in [6.07, 6.45) is 0.186. The predicted octanol–water partition coefficient (Wildman–Crippen LogP) is 2.91. The predicted molar refractivity (Wildman–Crippen MR) is 87.6 cm³/mol. The van der Waals surface area contributed by atoms with Crippen molar-refractivity contribution < 1.29 is 14.3 Å². The number of hydrogen-bond acceptors (Lipinski definition) is 5. The van der Waals surface area contributed by atoms with Crippen LogP contribution in [0.3, 0.4) is 0 Å². The molecule has 1 aliphatic rings. The SMILES string of the molecule is CCOC(=O)Nc1nc2c(s1)CN(C(=O)c1ccccc1)CC2. The minimum Gasteiger partial charge on any atom is -0.450 e. The minimum absolute atomic E-state index is 0.0181. The average molecular weight is 331 g/mol. The topological polar surface area (TPSA) is 71.5 Å². The minimum atomic E-state index is -0.504. The lowest BCUT2D eigenvalue weighted by atomic mass is 10.1.